The Morgan fingerprint density at radius 3 is 1.83 bits per heavy atom. The molecule has 0 spiro atoms. The van der Waals surface area contributed by atoms with Crippen molar-refractivity contribution < 1.29 is 0 Å². The van der Waals surface area contributed by atoms with Crippen LogP contribution in [0.4, 0.5) is 5.69 Å². The van der Waals surface area contributed by atoms with Crippen LogP contribution in [0.1, 0.15) is 83.2 Å². The molecule has 0 atom stereocenters. The molecule has 0 unspecified atom stereocenters. The molecule has 0 N–H and O–H groups in total. The van der Waals surface area contributed by atoms with E-state index in [1.807, 2.05) is 12.1 Å². The number of hydrogen-bond donors (Lipinski definition) is 0. The normalized spacial score (nSPS) is 13.8. The molecule has 0 radical (unpaired) electrons. The average molecular weight is 687 g/mol. The maximum atomic E-state index is 10.7. The monoisotopic (exact) mass is 686 g/mol. The first-order valence-electron chi connectivity index (χ1n) is 18.5. The van der Waals surface area contributed by atoms with E-state index in [1.54, 1.807) is 0 Å². The van der Waals surface area contributed by atoms with Crippen molar-refractivity contribution in [1.82, 2.24) is 9.13 Å². The maximum absolute atomic E-state index is 10.7. The molecule has 0 saturated carbocycles. The van der Waals surface area contributed by atoms with Crippen LogP contribution < -0.4 is 0 Å². The minimum absolute atomic E-state index is 0.0453. The molecule has 0 amide bonds. The molecule has 1 aliphatic rings. The molecule has 0 fully saturated rings. The lowest BCUT2D eigenvalue weighted by Gasteiger charge is -2.23. The Bertz CT molecular complexity index is 2880. The van der Waals surface area contributed by atoms with E-state index in [2.05, 4.69) is 173 Å². The summed E-state index contributed by atoms with van der Waals surface area (Å²) in [7, 11) is 0. The van der Waals surface area contributed by atoms with Gasteiger partial charge >= 0.3 is 0 Å². The first-order chi connectivity index (χ1) is 25.3. The van der Waals surface area contributed by atoms with Gasteiger partial charge < -0.3 is 9.13 Å². The Balaban J connectivity index is 1.40. The van der Waals surface area contributed by atoms with Gasteiger partial charge in [0.05, 0.1) is 51.6 Å². The van der Waals surface area contributed by atoms with Crippen LogP contribution in [0.25, 0.3) is 71.0 Å². The molecular formula is C49H42N4. The van der Waals surface area contributed by atoms with Gasteiger partial charge in [0, 0.05) is 27.0 Å². The lowest BCUT2D eigenvalue weighted by atomic mass is 9.80. The Morgan fingerprint density at radius 1 is 0.623 bits per heavy atom. The van der Waals surface area contributed by atoms with Gasteiger partial charge in [0.2, 0.25) is 5.69 Å². The molecule has 258 valence electrons. The SMILES string of the molecule is [C-]#[N+]c1c(-n2c3ccccc3c3c4c(ccc32)-c2ccccc2C4(C)C)ccc(C#N)c1-n1c2ccc(C(C)(C)C)cc2c2cc(C(C)(C)C)ccc21. The molecule has 0 aliphatic heterocycles. The third kappa shape index (κ3) is 4.52. The van der Waals surface area contributed by atoms with Gasteiger partial charge in [-0.1, -0.05) is 116 Å². The zero-order valence-electron chi connectivity index (χ0n) is 31.7. The van der Waals surface area contributed by atoms with Crippen LogP contribution in [-0.4, -0.2) is 9.13 Å². The standard InChI is InChI=1S/C49H42N4/c1-47(2,3)30-19-23-39-35(26-30)36-27-31(48(4,5)6)20-24-40(36)53(39)46-29(28-50)18-22-42(45(46)51-9)52-38-17-13-11-15-34(38)43-41(52)25-21-33-32-14-10-12-16-37(32)49(7,8)44(33)43/h10-27H,1-8H3. The van der Waals surface area contributed by atoms with Gasteiger partial charge in [-0.05, 0) is 92.7 Å². The van der Waals surface area contributed by atoms with Crippen molar-refractivity contribution in [2.75, 3.05) is 0 Å². The van der Waals surface area contributed by atoms with E-state index < -0.39 is 0 Å². The molecule has 6 aromatic carbocycles. The predicted molar refractivity (Wildman–Crippen MR) is 221 cm³/mol. The van der Waals surface area contributed by atoms with E-state index in [0.29, 0.717) is 16.9 Å². The van der Waals surface area contributed by atoms with E-state index in [1.165, 1.54) is 38.8 Å². The molecule has 53 heavy (non-hydrogen) atoms. The zero-order valence-corrected chi connectivity index (χ0v) is 31.7. The summed E-state index contributed by atoms with van der Waals surface area (Å²) in [6.07, 6.45) is 0. The van der Waals surface area contributed by atoms with E-state index >= 15 is 0 Å². The van der Waals surface area contributed by atoms with Gasteiger partial charge in [-0.15, -0.1) is 0 Å². The molecule has 0 bridgehead atoms. The Morgan fingerprint density at radius 2 is 1.21 bits per heavy atom. The third-order valence-electron chi connectivity index (χ3n) is 11.7. The second kappa shape index (κ2) is 11.0. The number of benzene rings is 6. The number of rotatable bonds is 2. The molecule has 1 aliphatic carbocycles. The lowest BCUT2D eigenvalue weighted by Crippen LogP contribution is -2.15. The quantitative estimate of drug-likeness (QED) is 0.167. The molecule has 9 rings (SSSR count). The van der Waals surface area contributed by atoms with Gasteiger partial charge in [0.15, 0.2) is 0 Å². The minimum atomic E-state index is -0.209. The van der Waals surface area contributed by atoms with Crippen LogP contribution in [0.15, 0.2) is 109 Å². The first kappa shape index (κ1) is 32.8. The smallest absolute Gasteiger partial charge is 0.235 e. The fourth-order valence-corrected chi connectivity index (χ4v) is 8.96. The maximum Gasteiger partial charge on any atom is 0.235 e. The molecule has 8 aromatic rings. The highest BCUT2D eigenvalue weighted by Gasteiger charge is 2.38. The van der Waals surface area contributed by atoms with E-state index in [0.717, 1.165) is 43.9 Å². The topological polar surface area (TPSA) is 38.0 Å². The van der Waals surface area contributed by atoms with Crippen LogP contribution in [0.3, 0.4) is 0 Å². The molecule has 0 saturated heterocycles. The highest BCUT2D eigenvalue weighted by atomic mass is 15.1. The highest BCUT2D eigenvalue weighted by molar-refractivity contribution is 6.15. The van der Waals surface area contributed by atoms with Crippen molar-refractivity contribution in [1.29, 1.82) is 5.26 Å². The van der Waals surface area contributed by atoms with Crippen LogP contribution in [0.2, 0.25) is 0 Å². The number of nitrogens with zero attached hydrogens (tertiary/aromatic N) is 4. The predicted octanol–water partition coefficient (Wildman–Crippen LogP) is 13.2. The summed E-state index contributed by atoms with van der Waals surface area (Å²) in [5, 5.41) is 15.3. The van der Waals surface area contributed by atoms with Gasteiger partial charge in [0.25, 0.3) is 0 Å². The van der Waals surface area contributed by atoms with Crippen LogP contribution in [0.5, 0.6) is 0 Å². The van der Waals surface area contributed by atoms with Crippen LogP contribution >= 0.6 is 0 Å². The van der Waals surface area contributed by atoms with Crippen molar-refractivity contribution >= 4 is 49.3 Å². The van der Waals surface area contributed by atoms with Gasteiger partial charge in [-0.3, -0.25) is 0 Å². The number of para-hydroxylation sites is 1. The summed E-state index contributed by atoms with van der Waals surface area (Å²) in [5.41, 5.74) is 13.7. The molecule has 4 heteroatoms. The summed E-state index contributed by atoms with van der Waals surface area (Å²) < 4.78 is 4.43. The summed E-state index contributed by atoms with van der Waals surface area (Å²) in [6.45, 7) is 26.9. The molecule has 2 aromatic heterocycles. The summed E-state index contributed by atoms with van der Waals surface area (Å²) in [6, 6.07) is 41.5. The van der Waals surface area contributed by atoms with Crippen molar-refractivity contribution in [3.05, 3.63) is 148 Å². The van der Waals surface area contributed by atoms with Crippen LogP contribution in [-0.2, 0) is 16.2 Å². The van der Waals surface area contributed by atoms with Crippen molar-refractivity contribution in [3.8, 4) is 28.6 Å². The summed E-state index contributed by atoms with van der Waals surface area (Å²) in [5.74, 6) is 0. The van der Waals surface area contributed by atoms with E-state index in [4.69, 9.17) is 6.57 Å². The second-order valence-electron chi connectivity index (χ2n) is 17.3. The lowest BCUT2D eigenvalue weighted by molar-refractivity contribution is 0.590. The summed E-state index contributed by atoms with van der Waals surface area (Å²) >= 11 is 0. The van der Waals surface area contributed by atoms with Crippen molar-refractivity contribution in [2.24, 2.45) is 0 Å². The Labute approximate surface area is 311 Å². The van der Waals surface area contributed by atoms with Crippen molar-refractivity contribution in [2.45, 2.75) is 71.6 Å². The molecular weight excluding hydrogens is 645 g/mol. The van der Waals surface area contributed by atoms with E-state index in [-0.39, 0.29) is 16.2 Å². The fraction of sp³-hybridized carbons (Fsp3) is 0.224. The van der Waals surface area contributed by atoms with Crippen LogP contribution in [0, 0.1) is 17.9 Å². The second-order valence-corrected chi connectivity index (χ2v) is 17.3. The average Bonchev–Trinajstić information content (AvgIpc) is 3.72. The largest absolute Gasteiger partial charge is 0.319 e. The van der Waals surface area contributed by atoms with E-state index in [9.17, 15) is 5.26 Å². The number of nitriles is 1. The van der Waals surface area contributed by atoms with Crippen molar-refractivity contribution in [3.63, 3.8) is 0 Å². The fourth-order valence-electron chi connectivity index (χ4n) is 8.96. The third-order valence-corrected chi connectivity index (χ3v) is 11.7. The zero-order chi connectivity index (χ0) is 37.2. The highest BCUT2D eigenvalue weighted by Crippen LogP contribution is 2.54. The minimum Gasteiger partial charge on any atom is -0.319 e. The number of hydrogen-bond acceptors (Lipinski definition) is 1. The van der Waals surface area contributed by atoms with Gasteiger partial charge in [-0.2, -0.15) is 5.26 Å². The molecule has 4 nitrogen and oxygen atoms in total. The first-order valence-corrected chi connectivity index (χ1v) is 18.5. The number of aromatic nitrogens is 2. The Kier molecular flexibility index (Phi) is 6.78. The van der Waals surface area contributed by atoms with Gasteiger partial charge in [-0.25, -0.2) is 4.85 Å². The Hall–Kier alpha value is -6.10. The molecule has 2 heterocycles. The van der Waals surface area contributed by atoms with Gasteiger partial charge in [0.1, 0.15) is 0 Å². The number of fused-ring (bicyclic) bond motifs is 10. The summed E-state index contributed by atoms with van der Waals surface area (Å²) in [4.78, 5) is 4.32.